The average Bonchev–Trinajstić information content (AvgIpc) is 3.59. The Bertz CT molecular complexity index is 2990. The van der Waals surface area contributed by atoms with Crippen molar-refractivity contribution < 1.29 is 9.52 Å². The molecule has 2 N–H and O–H groups in total. The van der Waals surface area contributed by atoms with E-state index in [-0.39, 0.29) is 5.75 Å². The van der Waals surface area contributed by atoms with Gasteiger partial charge in [0, 0.05) is 22.0 Å². The summed E-state index contributed by atoms with van der Waals surface area (Å²) in [6.07, 6.45) is 0. The Kier molecular flexibility index (Phi) is 7.29. The van der Waals surface area contributed by atoms with Crippen LogP contribution in [0.2, 0.25) is 0 Å². The summed E-state index contributed by atoms with van der Waals surface area (Å²) in [5.74, 6) is 0.216. The Balaban J connectivity index is 1.00. The van der Waals surface area contributed by atoms with E-state index < -0.39 is 0 Å². The molecule has 250 valence electrons. The Morgan fingerprint density at radius 1 is 0.377 bits per heavy atom. The maximum Gasteiger partial charge on any atom is 0.136 e. The highest BCUT2D eigenvalue weighted by molar-refractivity contribution is 6.14. The van der Waals surface area contributed by atoms with Crippen molar-refractivity contribution in [2.45, 2.75) is 0 Å². The van der Waals surface area contributed by atoms with Gasteiger partial charge in [0.2, 0.25) is 0 Å². The maximum atomic E-state index is 11.4. The summed E-state index contributed by atoms with van der Waals surface area (Å²) in [7, 11) is 0. The standard InChI is InChI=1S/C50H33NO2/c52-47-21-10-20-46(51-37-13-9-12-34(29-37)35-27-28-43-42-18-7-8-22-48(42)53-49(43)31-35)50(47)44-19-6-3-14-38(44)32-23-25-33(26-24-32)45-30-36-11-1-2-15-39(36)40-16-4-5-17-41(40)45/h1-31,51-52H. The van der Waals surface area contributed by atoms with Crippen LogP contribution in [-0.2, 0) is 0 Å². The number of anilines is 2. The second-order valence-corrected chi connectivity index (χ2v) is 13.5. The largest absolute Gasteiger partial charge is 0.507 e. The zero-order chi connectivity index (χ0) is 35.3. The smallest absolute Gasteiger partial charge is 0.136 e. The van der Waals surface area contributed by atoms with Gasteiger partial charge in [-0.05, 0) is 109 Å². The number of aromatic hydroxyl groups is 1. The van der Waals surface area contributed by atoms with Gasteiger partial charge in [0.25, 0.3) is 0 Å². The van der Waals surface area contributed by atoms with E-state index in [2.05, 4.69) is 151 Å². The minimum atomic E-state index is 0.216. The molecule has 53 heavy (non-hydrogen) atoms. The summed E-state index contributed by atoms with van der Waals surface area (Å²) >= 11 is 0. The van der Waals surface area contributed by atoms with Crippen LogP contribution in [0.5, 0.6) is 5.75 Å². The van der Waals surface area contributed by atoms with Crippen molar-refractivity contribution in [2.24, 2.45) is 0 Å². The number of furan rings is 1. The maximum absolute atomic E-state index is 11.4. The van der Waals surface area contributed by atoms with E-state index in [0.717, 1.165) is 72.3 Å². The van der Waals surface area contributed by atoms with Crippen LogP contribution in [0.1, 0.15) is 0 Å². The first-order chi connectivity index (χ1) is 26.2. The minimum absolute atomic E-state index is 0.216. The number of phenols is 1. The predicted molar refractivity (Wildman–Crippen MR) is 222 cm³/mol. The third-order valence-electron chi connectivity index (χ3n) is 10.4. The van der Waals surface area contributed by atoms with Crippen LogP contribution in [0.4, 0.5) is 11.4 Å². The molecule has 0 unspecified atom stereocenters. The SMILES string of the molecule is Oc1cccc(Nc2cccc(-c3ccc4c(c3)oc3ccccc34)c2)c1-c1ccccc1-c1ccc(-c2cc3ccccc3c3ccccc23)cc1. The number of benzene rings is 9. The fraction of sp³-hybridized carbons (Fsp3) is 0. The molecule has 0 bridgehead atoms. The zero-order valence-electron chi connectivity index (χ0n) is 28.8. The van der Waals surface area contributed by atoms with Gasteiger partial charge in [0.1, 0.15) is 16.9 Å². The highest BCUT2D eigenvalue weighted by atomic mass is 16.3. The molecule has 10 aromatic rings. The number of rotatable bonds is 6. The lowest BCUT2D eigenvalue weighted by Crippen LogP contribution is -1.95. The van der Waals surface area contributed by atoms with Crippen LogP contribution in [0.25, 0.3) is 88.0 Å². The Labute approximate surface area is 307 Å². The molecular formula is C50H33NO2. The van der Waals surface area contributed by atoms with Gasteiger partial charge in [-0.2, -0.15) is 0 Å². The van der Waals surface area contributed by atoms with E-state index in [1.165, 1.54) is 27.1 Å². The van der Waals surface area contributed by atoms with Crippen molar-refractivity contribution in [3.63, 3.8) is 0 Å². The lowest BCUT2D eigenvalue weighted by atomic mass is 9.90. The van der Waals surface area contributed by atoms with Gasteiger partial charge < -0.3 is 14.8 Å². The van der Waals surface area contributed by atoms with Gasteiger partial charge in [-0.15, -0.1) is 0 Å². The molecule has 0 atom stereocenters. The number of hydrogen-bond donors (Lipinski definition) is 2. The zero-order valence-corrected chi connectivity index (χ0v) is 28.8. The van der Waals surface area contributed by atoms with Crippen molar-refractivity contribution in [3.8, 4) is 50.3 Å². The highest BCUT2D eigenvalue weighted by Crippen LogP contribution is 2.44. The van der Waals surface area contributed by atoms with Gasteiger partial charge >= 0.3 is 0 Å². The van der Waals surface area contributed by atoms with Crippen molar-refractivity contribution in [2.75, 3.05) is 5.32 Å². The molecule has 0 aliphatic carbocycles. The van der Waals surface area contributed by atoms with E-state index in [0.29, 0.717) is 0 Å². The summed E-state index contributed by atoms with van der Waals surface area (Å²) in [6.45, 7) is 0. The molecule has 0 saturated heterocycles. The molecule has 9 aromatic carbocycles. The van der Waals surface area contributed by atoms with E-state index in [4.69, 9.17) is 4.42 Å². The van der Waals surface area contributed by atoms with Crippen LogP contribution in [-0.4, -0.2) is 5.11 Å². The topological polar surface area (TPSA) is 45.4 Å². The fourth-order valence-corrected chi connectivity index (χ4v) is 7.84. The van der Waals surface area contributed by atoms with E-state index in [1.807, 2.05) is 36.4 Å². The van der Waals surface area contributed by atoms with Crippen molar-refractivity contribution in [3.05, 3.63) is 188 Å². The van der Waals surface area contributed by atoms with E-state index in [9.17, 15) is 5.11 Å². The predicted octanol–water partition coefficient (Wildman–Crippen LogP) is 14.0. The van der Waals surface area contributed by atoms with Crippen molar-refractivity contribution in [1.29, 1.82) is 0 Å². The molecule has 0 fully saturated rings. The lowest BCUT2D eigenvalue weighted by molar-refractivity contribution is 0.477. The Hall–Kier alpha value is -7.10. The number of fused-ring (bicyclic) bond motifs is 6. The fourth-order valence-electron chi connectivity index (χ4n) is 7.84. The first-order valence-electron chi connectivity index (χ1n) is 17.9. The van der Waals surface area contributed by atoms with Gasteiger partial charge in [-0.1, -0.05) is 140 Å². The van der Waals surface area contributed by atoms with E-state index >= 15 is 0 Å². The van der Waals surface area contributed by atoms with Gasteiger partial charge in [-0.3, -0.25) is 0 Å². The molecule has 3 heteroatoms. The summed E-state index contributed by atoms with van der Waals surface area (Å²) in [5.41, 5.74) is 11.8. The molecule has 0 aliphatic heterocycles. The second-order valence-electron chi connectivity index (χ2n) is 13.5. The van der Waals surface area contributed by atoms with Crippen LogP contribution < -0.4 is 5.32 Å². The molecule has 0 spiro atoms. The molecule has 1 heterocycles. The third-order valence-corrected chi connectivity index (χ3v) is 10.4. The number of nitrogens with one attached hydrogen (secondary N) is 1. The van der Waals surface area contributed by atoms with Gasteiger partial charge in [0.15, 0.2) is 0 Å². The normalized spacial score (nSPS) is 11.5. The van der Waals surface area contributed by atoms with Crippen LogP contribution in [0.15, 0.2) is 192 Å². The van der Waals surface area contributed by atoms with E-state index in [1.54, 1.807) is 6.07 Å². The lowest BCUT2D eigenvalue weighted by Gasteiger charge is -2.18. The van der Waals surface area contributed by atoms with Crippen molar-refractivity contribution >= 4 is 54.9 Å². The van der Waals surface area contributed by atoms with Gasteiger partial charge in [0.05, 0.1) is 5.69 Å². The molecule has 0 amide bonds. The summed E-state index contributed by atoms with van der Waals surface area (Å²) in [4.78, 5) is 0. The summed E-state index contributed by atoms with van der Waals surface area (Å²) in [5, 5.41) is 22.3. The first kappa shape index (κ1) is 30.7. The Morgan fingerprint density at radius 3 is 1.85 bits per heavy atom. The molecule has 0 aliphatic rings. The van der Waals surface area contributed by atoms with Crippen LogP contribution >= 0.6 is 0 Å². The van der Waals surface area contributed by atoms with Crippen molar-refractivity contribution in [1.82, 2.24) is 0 Å². The molecular weight excluding hydrogens is 647 g/mol. The molecule has 1 aromatic heterocycles. The number of phenolic OH excluding ortho intramolecular Hbond substituents is 1. The quantitative estimate of drug-likeness (QED) is 0.172. The molecule has 10 rings (SSSR count). The second kappa shape index (κ2) is 12.6. The average molecular weight is 680 g/mol. The summed E-state index contributed by atoms with van der Waals surface area (Å²) in [6, 6.07) is 65.2. The van der Waals surface area contributed by atoms with Gasteiger partial charge in [-0.25, -0.2) is 0 Å². The van der Waals surface area contributed by atoms with Crippen LogP contribution in [0.3, 0.4) is 0 Å². The molecule has 0 saturated carbocycles. The Morgan fingerprint density at radius 2 is 1.00 bits per heavy atom. The monoisotopic (exact) mass is 679 g/mol. The number of para-hydroxylation sites is 1. The minimum Gasteiger partial charge on any atom is -0.507 e. The van der Waals surface area contributed by atoms with Crippen LogP contribution in [0, 0.1) is 0 Å². The molecule has 3 nitrogen and oxygen atoms in total. The highest BCUT2D eigenvalue weighted by Gasteiger charge is 2.17. The first-order valence-corrected chi connectivity index (χ1v) is 17.9. The third kappa shape index (κ3) is 5.38. The number of hydrogen-bond acceptors (Lipinski definition) is 3. The summed E-state index contributed by atoms with van der Waals surface area (Å²) < 4.78 is 6.18. The molecule has 0 radical (unpaired) electrons.